The van der Waals surface area contributed by atoms with Crippen molar-refractivity contribution in [2.75, 3.05) is 24.0 Å². The van der Waals surface area contributed by atoms with Crippen molar-refractivity contribution < 1.29 is 14.3 Å². The molecule has 0 saturated carbocycles. The van der Waals surface area contributed by atoms with E-state index in [0.29, 0.717) is 23.6 Å². The van der Waals surface area contributed by atoms with Crippen molar-refractivity contribution in [2.45, 2.75) is 6.61 Å². The lowest BCUT2D eigenvalue weighted by Gasteiger charge is -2.17. The van der Waals surface area contributed by atoms with Gasteiger partial charge in [-0.2, -0.15) is 0 Å². The number of anilines is 2. The Morgan fingerprint density at radius 2 is 1.76 bits per heavy atom. The number of benzene rings is 3. The molecule has 0 aromatic heterocycles. The fourth-order valence-electron chi connectivity index (χ4n) is 3.31. The zero-order valence-corrected chi connectivity index (χ0v) is 21.2. The van der Waals surface area contributed by atoms with Gasteiger partial charge in [-0.05, 0) is 42.5 Å². The summed E-state index contributed by atoms with van der Waals surface area (Å²) >= 11 is 7.01. The van der Waals surface area contributed by atoms with E-state index in [-0.39, 0.29) is 5.57 Å². The molecule has 0 aliphatic carbocycles. The third-order valence-electron chi connectivity index (χ3n) is 5.12. The molecule has 0 atom stereocenters. The van der Waals surface area contributed by atoms with E-state index in [2.05, 4.69) is 37.3 Å². The van der Waals surface area contributed by atoms with Crippen LogP contribution >= 0.6 is 31.9 Å². The smallest absolute Gasteiger partial charge is 0.282 e. The van der Waals surface area contributed by atoms with E-state index in [0.717, 1.165) is 20.2 Å². The fourth-order valence-corrected chi connectivity index (χ4v) is 4.47. The lowest BCUT2D eigenvalue weighted by atomic mass is 10.1. The van der Waals surface area contributed by atoms with Gasteiger partial charge in [-0.1, -0.05) is 56.1 Å². The summed E-state index contributed by atoms with van der Waals surface area (Å²) in [6.45, 7) is 0.317. The first kappa shape index (κ1) is 23.1. The second kappa shape index (κ2) is 9.80. The molecule has 1 fully saturated rings. The van der Waals surface area contributed by atoms with Crippen molar-refractivity contribution in [1.29, 1.82) is 0 Å². The molecular formula is C25H21Br2N3O3. The second-order valence-electron chi connectivity index (χ2n) is 7.62. The first-order valence-corrected chi connectivity index (χ1v) is 11.7. The molecule has 0 bridgehead atoms. The first-order chi connectivity index (χ1) is 15.8. The van der Waals surface area contributed by atoms with Gasteiger partial charge in [0.05, 0.1) is 5.69 Å². The van der Waals surface area contributed by atoms with Crippen LogP contribution in [0.3, 0.4) is 0 Å². The Balaban J connectivity index is 1.66. The van der Waals surface area contributed by atoms with Gasteiger partial charge in [-0.25, -0.2) is 5.01 Å². The van der Waals surface area contributed by atoms with Gasteiger partial charge >= 0.3 is 0 Å². The molecule has 33 heavy (non-hydrogen) atoms. The predicted molar refractivity (Wildman–Crippen MR) is 137 cm³/mol. The lowest BCUT2D eigenvalue weighted by molar-refractivity contribution is -0.117. The molecule has 1 heterocycles. The minimum atomic E-state index is -0.456. The van der Waals surface area contributed by atoms with Crippen LogP contribution in [-0.2, 0) is 16.2 Å². The van der Waals surface area contributed by atoms with Crippen LogP contribution in [0.25, 0.3) is 6.08 Å². The summed E-state index contributed by atoms with van der Waals surface area (Å²) in [5, 5.41) is 1.25. The van der Waals surface area contributed by atoms with Gasteiger partial charge in [0.2, 0.25) is 0 Å². The average Bonchev–Trinajstić information content (AvgIpc) is 3.08. The Kier molecular flexibility index (Phi) is 6.85. The van der Waals surface area contributed by atoms with Gasteiger partial charge in [-0.15, -0.1) is 0 Å². The quantitative estimate of drug-likeness (QED) is 0.322. The molecule has 1 aliphatic heterocycles. The zero-order chi connectivity index (χ0) is 23.5. The molecule has 3 aromatic rings. The van der Waals surface area contributed by atoms with Crippen molar-refractivity contribution in [3.05, 3.63) is 92.4 Å². The molecule has 0 unspecified atom stereocenters. The molecule has 8 heteroatoms. The molecule has 4 rings (SSSR count). The van der Waals surface area contributed by atoms with E-state index in [9.17, 15) is 9.59 Å². The van der Waals surface area contributed by atoms with E-state index in [4.69, 9.17) is 4.74 Å². The zero-order valence-electron chi connectivity index (χ0n) is 18.0. The van der Waals surface area contributed by atoms with Crippen molar-refractivity contribution >= 4 is 61.1 Å². The van der Waals surface area contributed by atoms with E-state index < -0.39 is 11.8 Å². The number of hydrazine groups is 1. The normalized spacial score (nSPS) is 14.5. The molecule has 1 saturated heterocycles. The highest BCUT2D eigenvalue weighted by molar-refractivity contribution is 9.11. The summed E-state index contributed by atoms with van der Waals surface area (Å²) < 4.78 is 8.04. The Labute approximate surface area is 209 Å². The van der Waals surface area contributed by atoms with Crippen molar-refractivity contribution in [3.8, 4) is 5.75 Å². The van der Waals surface area contributed by atoms with Crippen LogP contribution in [0.4, 0.5) is 11.4 Å². The number of nitrogens with one attached hydrogen (secondary N) is 1. The highest BCUT2D eigenvalue weighted by atomic mass is 79.9. The van der Waals surface area contributed by atoms with Crippen LogP contribution in [0, 0.1) is 0 Å². The fraction of sp³-hybridized carbons (Fsp3) is 0.120. The minimum Gasteiger partial charge on any atom is -0.488 e. The summed E-state index contributed by atoms with van der Waals surface area (Å²) in [5.41, 5.74) is 5.82. The van der Waals surface area contributed by atoms with Gasteiger partial charge in [0.15, 0.2) is 0 Å². The summed E-state index contributed by atoms with van der Waals surface area (Å²) in [5.74, 6) is -0.297. The van der Waals surface area contributed by atoms with Gasteiger partial charge in [0, 0.05) is 45.9 Å². The van der Waals surface area contributed by atoms with Crippen LogP contribution in [0.1, 0.15) is 11.1 Å². The predicted octanol–water partition coefficient (Wildman–Crippen LogP) is 5.32. The van der Waals surface area contributed by atoms with Gasteiger partial charge in [0.1, 0.15) is 17.9 Å². The average molecular weight is 571 g/mol. The number of ether oxygens (including phenoxy) is 1. The van der Waals surface area contributed by atoms with Crippen LogP contribution in [0.2, 0.25) is 0 Å². The van der Waals surface area contributed by atoms with Crippen molar-refractivity contribution in [3.63, 3.8) is 0 Å². The van der Waals surface area contributed by atoms with E-state index in [1.165, 1.54) is 5.01 Å². The number of hydrogen-bond acceptors (Lipinski definition) is 4. The van der Waals surface area contributed by atoms with Crippen LogP contribution in [0.15, 0.2) is 81.2 Å². The lowest BCUT2D eigenvalue weighted by Crippen LogP contribution is -2.35. The SMILES string of the molecule is CN(C)c1ccc(/C=C2/C(=O)NN(c3ccccc3)C2=O)c(OCc2ccc(Br)cc2Br)c1. The van der Waals surface area contributed by atoms with Gasteiger partial charge in [0.25, 0.3) is 11.8 Å². The third kappa shape index (κ3) is 5.12. The number of rotatable bonds is 6. The standard InChI is InChI=1S/C25H21Br2N3O3/c1-29(2)20-11-9-16(23(14-20)33-15-17-8-10-18(26)13-22(17)27)12-21-24(31)28-30(25(21)32)19-6-4-3-5-7-19/h3-14H,15H2,1-2H3,(H,28,31)/b21-12-. The summed E-state index contributed by atoms with van der Waals surface area (Å²) in [7, 11) is 3.88. The summed E-state index contributed by atoms with van der Waals surface area (Å²) in [6.07, 6.45) is 1.58. The number of amides is 2. The van der Waals surface area contributed by atoms with Crippen LogP contribution in [-0.4, -0.2) is 25.9 Å². The monoisotopic (exact) mass is 569 g/mol. The van der Waals surface area contributed by atoms with Crippen LogP contribution < -0.4 is 20.1 Å². The maximum Gasteiger partial charge on any atom is 0.282 e. The Hall–Kier alpha value is -3.10. The number of halogens is 2. The molecule has 0 radical (unpaired) electrons. The van der Waals surface area contributed by atoms with E-state index in [1.807, 2.05) is 73.6 Å². The molecule has 1 aliphatic rings. The number of nitrogens with zero attached hydrogens (tertiary/aromatic N) is 2. The Bertz CT molecular complexity index is 1240. The molecule has 0 spiro atoms. The first-order valence-electron chi connectivity index (χ1n) is 10.1. The Morgan fingerprint density at radius 3 is 2.45 bits per heavy atom. The van der Waals surface area contributed by atoms with Crippen molar-refractivity contribution in [1.82, 2.24) is 5.43 Å². The highest BCUT2D eigenvalue weighted by Crippen LogP contribution is 2.31. The molecule has 2 amide bonds. The van der Waals surface area contributed by atoms with E-state index in [1.54, 1.807) is 18.2 Å². The third-order valence-corrected chi connectivity index (χ3v) is 6.35. The largest absolute Gasteiger partial charge is 0.488 e. The maximum absolute atomic E-state index is 13.0. The van der Waals surface area contributed by atoms with E-state index >= 15 is 0 Å². The number of carbonyl (C=O) groups excluding carboxylic acids is 2. The minimum absolute atomic E-state index is 0.0473. The molecule has 1 N–H and O–H groups in total. The van der Waals surface area contributed by atoms with Crippen molar-refractivity contribution in [2.24, 2.45) is 0 Å². The maximum atomic E-state index is 13.0. The topological polar surface area (TPSA) is 61.9 Å². The highest BCUT2D eigenvalue weighted by Gasteiger charge is 2.34. The summed E-state index contributed by atoms with van der Waals surface area (Å²) in [4.78, 5) is 27.6. The van der Waals surface area contributed by atoms with Crippen LogP contribution in [0.5, 0.6) is 5.75 Å². The molecular weight excluding hydrogens is 550 g/mol. The summed E-state index contributed by atoms with van der Waals surface area (Å²) in [6, 6.07) is 20.5. The number of carbonyl (C=O) groups is 2. The van der Waals surface area contributed by atoms with Gasteiger partial charge < -0.3 is 9.64 Å². The number of para-hydroxylation sites is 1. The molecule has 168 valence electrons. The Morgan fingerprint density at radius 1 is 1.00 bits per heavy atom. The second-order valence-corrected chi connectivity index (χ2v) is 9.39. The van der Waals surface area contributed by atoms with Gasteiger partial charge in [-0.3, -0.25) is 15.0 Å². The molecule has 3 aromatic carbocycles. The number of hydrogen-bond donors (Lipinski definition) is 1. The molecule has 6 nitrogen and oxygen atoms in total.